The largest absolute Gasteiger partial charge is 0.710 e. The van der Waals surface area contributed by atoms with Gasteiger partial charge in [-0.2, -0.15) is 5.10 Å². The summed E-state index contributed by atoms with van der Waals surface area (Å²) in [7, 11) is 0. The minimum absolute atomic E-state index is 0.0867. The van der Waals surface area contributed by atoms with Crippen LogP contribution in [0.1, 0.15) is 58.2 Å². The zero-order chi connectivity index (χ0) is 27.8. The Morgan fingerprint density at radius 1 is 1.26 bits per heavy atom. The van der Waals surface area contributed by atoms with Crippen LogP contribution in [0.3, 0.4) is 0 Å². The lowest BCUT2D eigenvalue weighted by atomic mass is 10.1. The number of hydrogen-bond donors (Lipinski definition) is 1. The van der Waals surface area contributed by atoms with Crippen LogP contribution in [0.4, 0.5) is 15.0 Å². The number of hydrogen-bond acceptors (Lipinski definition) is 6. The van der Waals surface area contributed by atoms with E-state index in [-0.39, 0.29) is 39.3 Å². The summed E-state index contributed by atoms with van der Waals surface area (Å²) < 4.78 is 27.7. The monoisotopic (exact) mass is 565 g/mol. The standard InChI is InChI=1S/C26H30Cl2FN5O4/c1-15(22-19(27)5-6-20(29)23(22)28)37-21-11-16(14-34(36)24(21)30)17-12-31-33(13-17)18-7-9-32(10-8-18)25(35)38-26(2,3)4/h5-6,11-15,18H,7-10,30H2,1-4H3/t15-/m1/s1. The Labute approximate surface area is 230 Å². The number of carbonyl (C=O) groups is 1. The number of rotatable bonds is 5. The molecular formula is C26H30Cl2FN5O4. The highest BCUT2D eigenvalue weighted by atomic mass is 35.5. The van der Waals surface area contributed by atoms with Crippen molar-refractivity contribution in [3.63, 3.8) is 0 Å². The van der Waals surface area contributed by atoms with Crippen LogP contribution in [0, 0.1) is 11.0 Å². The summed E-state index contributed by atoms with van der Waals surface area (Å²) in [6.45, 7) is 8.27. The summed E-state index contributed by atoms with van der Waals surface area (Å²) in [6, 6.07) is 4.26. The number of halogens is 3. The van der Waals surface area contributed by atoms with E-state index in [1.807, 2.05) is 31.6 Å². The number of anilines is 1. The predicted molar refractivity (Wildman–Crippen MR) is 143 cm³/mol. The van der Waals surface area contributed by atoms with E-state index >= 15 is 0 Å². The summed E-state index contributed by atoms with van der Waals surface area (Å²) in [6.07, 6.45) is 5.14. The first-order chi connectivity index (χ1) is 17.8. The first kappa shape index (κ1) is 27.8. The van der Waals surface area contributed by atoms with Gasteiger partial charge in [0.2, 0.25) is 5.75 Å². The normalized spacial score (nSPS) is 15.4. The van der Waals surface area contributed by atoms with Crippen LogP contribution < -0.4 is 15.2 Å². The van der Waals surface area contributed by atoms with Crippen LogP contribution in [-0.2, 0) is 4.74 Å². The third kappa shape index (κ3) is 6.07. The number of amides is 1. The molecule has 3 aromatic rings. The van der Waals surface area contributed by atoms with Gasteiger partial charge in [0.1, 0.15) is 23.7 Å². The number of ether oxygens (including phenoxy) is 2. The van der Waals surface area contributed by atoms with Crippen molar-refractivity contribution < 1.29 is 23.4 Å². The van der Waals surface area contributed by atoms with E-state index in [4.69, 9.17) is 38.4 Å². The summed E-state index contributed by atoms with van der Waals surface area (Å²) in [5, 5.41) is 17.1. The van der Waals surface area contributed by atoms with E-state index in [9.17, 15) is 14.4 Å². The molecule has 1 aliphatic rings. The number of nitrogens with zero attached hydrogens (tertiary/aromatic N) is 4. The Morgan fingerprint density at radius 2 is 1.95 bits per heavy atom. The van der Waals surface area contributed by atoms with E-state index in [0.717, 1.165) is 0 Å². The average molecular weight is 566 g/mol. The van der Waals surface area contributed by atoms with E-state index in [1.54, 1.807) is 24.1 Å². The second-order valence-corrected chi connectivity index (χ2v) is 11.0. The molecule has 0 radical (unpaired) electrons. The van der Waals surface area contributed by atoms with Gasteiger partial charge in [0.25, 0.3) is 0 Å². The maximum absolute atomic E-state index is 14.0. The molecule has 1 amide bonds. The van der Waals surface area contributed by atoms with Crippen molar-refractivity contribution in [2.24, 2.45) is 0 Å². The summed E-state index contributed by atoms with van der Waals surface area (Å²) in [5.41, 5.74) is 6.91. The molecule has 1 aromatic carbocycles. The molecule has 1 saturated heterocycles. The lowest BCUT2D eigenvalue weighted by Gasteiger charge is -2.33. The Morgan fingerprint density at radius 3 is 2.61 bits per heavy atom. The number of likely N-dealkylation sites (tertiary alicyclic amines) is 1. The zero-order valence-electron chi connectivity index (χ0n) is 21.6. The fraction of sp³-hybridized carbons (Fsp3) is 0.423. The van der Waals surface area contributed by atoms with Crippen LogP contribution in [0.2, 0.25) is 10.0 Å². The number of nitrogens with two attached hydrogens (primary N) is 1. The fourth-order valence-corrected chi connectivity index (χ4v) is 4.98. The lowest BCUT2D eigenvalue weighted by Crippen LogP contribution is -2.42. The van der Waals surface area contributed by atoms with Gasteiger partial charge in [-0.3, -0.25) is 10.4 Å². The third-order valence-corrected chi connectivity index (χ3v) is 6.96. The number of carbonyl (C=O) groups excluding carboxylic acids is 1. The Bertz CT molecular complexity index is 1340. The molecule has 0 unspecified atom stereocenters. The van der Waals surface area contributed by atoms with Gasteiger partial charge in [-0.05, 0) is 52.7 Å². The minimum Gasteiger partial charge on any atom is -0.710 e. The van der Waals surface area contributed by atoms with Crippen molar-refractivity contribution in [2.75, 3.05) is 18.8 Å². The topological polar surface area (TPSA) is 110 Å². The molecule has 2 N–H and O–H groups in total. The lowest BCUT2D eigenvalue weighted by molar-refractivity contribution is -0.589. The van der Waals surface area contributed by atoms with Crippen LogP contribution >= 0.6 is 23.2 Å². The van der Waals surface area contributed by atoms with E-state index in [1.165, 1.54) is 18.3 Å². The SMILES string of the molecule is C[C@@H](Oc1cc(-c2cnn(C3CCN(C(=O)OC(C)(C)C)CC3)c2)c[n+]([O-])c1N)c1c(Cl)ccc(F)c1Cl. The number of pyridine rings is 1. The van der Waals surface area contributed by atoms with E-state index in [0.29, 0.717) is 41.8 Å². The minimum atomic E-state index is -0.791. The molecule has 3 heterocycles. The smallest absolute Gasteiger partial charge is 0.410 e. The highest BCUT2D eigenvalue weighted by molar-refractivity contribution is 6.36. The van der Waals surface area contributed by atoms with Crippen molar-refractivity contribution in [1.29, 1.82) is 0 Å². The molecule has 1 fully saturated rings. The summed E-state index contributed by atoms with van der Waals surface area (Å²) in [5.74, 6) is -0.697. The number of aromatic nitrogens is 3. The van der Waals surface area contributed by atoms with Crippen LogP contribution in [0.5, 0.6) is 5.75 Å². The van der Waals surface area contributed by atoms with Gasteiger partial charge in [0, 0.05) is 47.1 Å². The molecule has 38 heavy (non-hydrogen) atoms. The molecule has 12 heteroatoms. The van der Waals surface area contributed by atoms with Crippen molar-refractivity contribution >= 4 is 35.1 Å². The van der Waals surface area contributed by atoms with Crippen LogP contribution in [-0.4, -0.2) is 39.5 Å². The second-order valence-electron chi connectivity index (χ2n) is 10.2. The van der Waals surface area contributed by atoms with Crippen molar-refractivity contribution in [1.82, 2.24) is 14.7 Å². The molecule has 1 aliphatic heterocycles. The predicted octanol–water partition coefficient (Wildman–Crippen LogP) is 5.92. The number of nitrogen functional groups attached to an aromatic ring is 1. The maximum Gasteiger partial charge on any atom is 0.410 e. The van der Waals surface area contributed by atoms with Crippen molar-refractivity contribution in [3.05, 3.63) is 63.4 Å². The maximum atomic E-state index is 14.0. The molecule has 4 rings (SSSR count). The van der Waals surface area contributed by atoms with Crippen LogP contribution in [0.25, 0.3) is 11.1 Å². The zero-order valence-corrected chi connectivity index (χ0v) is 23.1. The molecule has 0 bridgehead atoms. The highest BCUT2D eigenvalue weighted by Crippen LogP contribution is 2.37. The van der Waals surface area contributed by atoms with Crippen LogP contribution in [0.15, 0.2) is 36.8 Å². The average Bonchev–Trinajstić information content (AvgIpc) is 3.34. The van der Waals surface area contributed by atoms with E-state index in [2.05, 4.69) is 5.10 Å². The summed E-state index contributed by atoms with van der Waals surface area (Å²) >= 11 is 12.3. The van der Waals surface area contributed by atoms with Gasteiger partial charge in [0.15, 0.2) is 0 Å². The first-order valence-electron chi connectivity index (χ1n) is 12.2. The molecular weight excluding hydrogens is 536 g/mol. The Kier molecular flexibility index (Phi) is 7.94. The van der Waals surface area contributed by atoms with Gasteiger partial charge in [-0.25, -0.2) is 13.9 Å². The fourth-order valence-electron chi connectivity index (χ4n) is 4.30. The summed E-state index contributed by atoms with van der Waals surface area (Å²) in [4.78, 5) is 14.1. The van der Waals surface area contributed by atoms with Gasteiger partial charge in [0.05, 0.1) is 17.3 Å². The van der Waals surface area contributed by atoms with E-state index < -0.39 is 17.5 Å². The van der Waals surface area contributed by atoms with Crippen molar-refractivity contribution in [3.8, 4) is 16.9 Å². The second kappa shape index (κ2) is 10.9. The Balaban J connectivity index is 1.50. The molecule has 9 nitrogen and oxygen atoms in total. The quantitative estimate of drug-likeness (QED) is 0.233. The number of piperidine rings is 1. The first-order valence-corrected chi connectivity index (χ1v) is 12.9. The van der Waals surface area contributed by atoms with Crippen molar-refractivity contribution in [2.45, 2.75) is 58.3 Å². The molecule has 2 aromatic heterocycles. The highest BCUT2D eigenvalue weighted by Gasteiger charge is 2.28. The van der Waals surface area contributed by atoms with Gasteiger partial charge < -0.3 is 19.6 Å². The van der Waals surface area contributed by atoms with Gasteiger partial charge in [-0.15, -0.1) is 0 Å². The molecule has 204 valence electrons. The van der Waals surface area contributed by atoms with Gasteiger partial charge in [-0.1, -0.05) is 23.2 Å². The molecule has 1 atom stereocenters. The number of benzene rings is 1. The van der Waals surface area contributed by atoms with Gasteiger partial charge >= 0.3 is 11.9 Å². The Hall–Kier alpha value is -3.24. The third-order valence-electron chi connectivity index (χ3n) is 6.25. The molecule has 0 saturated carbocycles. The molecule has 0 aliphatic carbocycles. The molecule has 0 spiro atoms.